The van der Waals surface area contributed by atoms with E-state index in [4.69, 9.17) is 4.52 Å². The molecule has 2 aromatic carbocycles. The van der Waals surface area contributed by atoms with Gasteiger partial charge in [-0.1, -0.05) is 35.0 Å². The second-order valence-electron chi connectivity index (χ2n) is 7.06. The summed E-state index contributed by atoms with van der Waals surface area (Å²) >= 11 is 1.52. The van der Waals surface area contributed by atoms with Gasteiger partial charge in [-0.05, 0) is 37.4 Å². The maximum absolute atomic E-state index is 12.7. The molecular formula is C21H24N4O4S2. The van der Waals surface area contributed by atoms with E-state index in [0.29, 0.717) is 5.82 Å². The van der Waals surface area contributed by atoms with Gasteiger partial charge in [-0.3, -0.25) is 4.79 Å². The van der Waals surface area contributed by atoms with Gasteiger partial charge in [-0.25, -0.2) is 8.42 Å². The largest absolute Gasteiger partial charge is 0.337 e. The van der Waals surface area contributed by atoms with E-state index in [1.54, 1.807) is 19.2 Å². The predicted octanol–water partition coefficient (Wildman–Crippen LogP) is 3.05. The van der Waals surface area contributed by atoms with Crippen LogP contribution in [0, 0.1) is 6.92 Å². The van der Waals surface area contributed by atoms with Crippen molar-refractivity contribution in [2.75, 3.05) is 26.9 Å². The summed E-state index contributed by atoms with van der Waals surface area (Å²) in [6.45, 7) is 1.76. The summed E-state index contributed by atoms with van der Waals surface area (Å²) < 4.78 is 31.8. The molecule has 0 aliphatic carbocycles. The number of rotatable bonds is 8. The van der Waals surface area contributed by atoms with Crippen LogP contribution in [0.3, 0.4) is 0 Å². The van der Waals surface area contributed by atoms with Crippen LogP contribution in [-0.2, 0) is 21.4 Å². The second kappa shape index (κ2) is 9.63. The van der Waals surface area contributed by atoms with E-state index in [0.717, 1.165) is 20.3 Å². The molecule has 0 atom stereocenters. The molecule has 0 aliphatic heterocycles. The third kappa shape index (κ3) is 5.52. The van der Waals surface area contributed by atoms with Crippen molar-refractivity contribution < 1.29 is 17.7 Å². The number of likely N-dealkylation sites (N-methyl/N-ethyl adjacent to an activating group) is 2. The minimum Gasteiger partial charge on any atom is -0.337 e. The molecule has 0 saturated carbocycles. The quantitative estimate of drug-likeness (QED) is 0.477. The van der Waals surface area contributed by atoms with Gasteiger partial charge in [0.1, 0.15) is 0 Å². The molecule has 0 N–H and O–H groups in total. The Morgan fingerprint density at radius 2 is 1.71 bits per heavy atom. The van der Waals surface area contributed by atoms with E-state index in [1.807, 2.05) is 37.4 Å². The van der Waals surface area contributed by atoms with Gasteiger partial charge in [0, 0.05) is 24.6 Å². The standard InChI is InChI=1S/C21H24N4O4S2/c1-15-5-7-16(8-6-15)21-22-19(29-23-21)13-24(2)20(26)14-25(3)31(27,28)18-11-9-17(30-4)10-12-18/h5-12H,13-14H2,1-4H3. The molecule has 0 saturated heterocycles. The maximum atomic E-state index is 12.7. The van der Waals surface area contributed by atoms with Gasteiger partial charge in [-0.2, -0.15) is 9.29 Å². The molecule has 1 aromatic heterocycles. The molecule has 0 radical (unpaired) electrons. The fourth-order valence-corrected chi connectivity index (χ4v) is 4.28. The molecule has 0 spiro atoms. The van der Waals surface area contributed by atoms with E-state index in [9.17, 15) is 13.2 Å². The van der Waals surface area contributed by atoms with Crippen molar-refractivity contribution in [1.82, 2.24) is 19.3 Å². The van der Waals surface area contributed by atoms with Crippen molar-refractivity contribution in [2.24, 2.45) is 0 Å². The molecule has 0 fully saturated rings. The second-order valence-corrected chi connectivity index (χ2v) is 9.99. The molecule has 31 heavy (non-hydrogen) atoms. The highest BCUT2D eigenvalue weighted by atomic mass is 32.2. The minimum atomic E-state index is -3.78. The molecule has 3 rings (SSSR count). The van der Waals surface area contributed by atoms with E-state index in [2.05, 4.69) is 10.1 Å². The highest BCUT2D eigenvalue weighted by Crippen LogP contribution is 2.20. The first-order chi connectivity index (χ1) is 14.7. The molecule has 0 unspecified atom stereocenters. The fourth-order valence-electron chi connectivity index (χ4n) is 2.75. The lowest BCUT2D eigenvalue weighted by molar-refractivity contribution is -0.130. The Morgan fingerprint density at radius 3 is 2.32 bits per heavy atom. The lowest BCUT2D eigenvalue weighted by Crippen LogP contribution is -2.39. The molecule has 0 bridgehead atoms. The van der Waals surface area contributed by atoms with E-state index in [1.165, 1.54) is 35.8 Å². The van der Waals surface area contributed by atoms with Crippen molar-refractivity contribution in [3.8, 4) is 11.4 Å². The Morgan fingerprint density at radius 1 is 1.06 bits per heavy atom. The van der Waals surface area contributed by atoms with Gasteiger partial charge in [0.2, 0.25) is 27.6 Å². The normalized spacial score (nSPS) is 11.6. The van der Waals surface area contributed by atoms with Crippen LogP contribution >= 0.6 is 11.8 Å². The summed E-state index contributed by atoms with van der Waals surface area (Å²) in [5, 5.41) is 3.95. The number of sulfonamides is 1. The highest BCUT2D eigenvalue weighted by molar-refractivity contribution is 7.98. The van der Waals surface area contributed by atoms with Crippen molar-refractivity contribution in [3.63, 3.8) is 0 Å². The Bertz CT molecular complexity index is 1140. The number of hydrogen-bond acceptors (Lipinski definition) is 7. The smallest absolute Gasteiger partial charge is 0.246 e. The van der Waals surface area contributed by atoms with Crippen LogP contribution in [0.1, 0.15) is 11.5 Å². The molecule has 1 amide bonds. The summed E-state index contributed by atoms with van der Waals surface area (Å²) in [4.78, 5) is 19.4. The number of amides is 1. The van der Waals surface area contributed by atoms with Gasteiger partial charge < -0.3 is 9.42 Å². The van der Waals surface area contributed by atoms with Gasteiger partial charge in [0.15, 0.2) is 0 Å². The Kier molecular flexibility index (Phi) is 7.14. The van der Waals surface area contributed by atoms with Crippen LogP contribution in [-0.4, -0.2) is 60.6 Å². The van der Waals surface area contributed by atoms with E-state index >= 15 is 0 Å². The molecule has 1 heterocycles. The lowest BCUT2D eigenvalue weighted by atomic mass is 10.1. The number of benzene rings is 2. The van der Waals surface area contributed by atoms with Crippen LogP contribution in [0.25, 0.3) is 11.4 Å². The number of hydrogen-bond donors (Lipinski definition) is 0. The maximum Gasteiger partial charge on any atom is 0.246 e. The molecule has 164 valence electrons. The molecular weight excluding hydrogens is 436 g/mol. The average molecular weight is 461 g/mol. The van der Waals surface area contributed by atoms with Crippen LogP contribution in [0.15, 0.2) is 62.8 Å². The van der Waals surface area contributed by atoms with Gasteiger partial charge in [0.05, 0.1) is 18.0 Å². The minimum absolute atomic E-state index is 0.0774. The monoisotopic (exact) mass is 460 g/mol. The zero-order valence-electron chi connectivity index (χ0n) is 17.8. The summed E-state index contributed by atoms with van der Waals surface area (Å²) in [5.74, 6) is 0.315. The van der Waals surface area contributed by atoms with Crippen LogP contribution in [0.4, 0.5) is 0 Å². The first kappa shape index (κ1) is 23.0. The van der Waals surface area contributed by atoms with Gasteiger partial charge in [-0.15, -0.1) is 11.8 Å². The van der Waals surface area contributed by atoms with Gasteiger partial charge in [0.25, 0.3) is 0 Å². The van der Waals surface area contributed by atoms with E-state index in [-0.39, 0.29) is 29.8 Å². The molecule has 3 aromatic rings. The number of aromatic nitrogens is 2. The molecule has 8 nitrogen and oxygen atoms in total. The summed E-state index contributed by atoms with van der Waals surface area (Å²) in [7, 11) is -0.834. The average Bonchev–Trinajstić information content (AvgIpc) is 3.22. The third-order valence-corrected chi connectivity index (χ3v) is 7.26. The number of carbonyl (C=O) groups is 1. The summed E-state index contributed by atoms with van der Waals surface area (Å²) in [6.07, 6.45) is 1.91. The predicted molar refractivity (Wildman–Crippen MR) is 119 cm³/mol. The fraction of sp³-hybridized carbons (Fsp3) is 0.286. The van der Waals surface area contributed by atoms with Gasteiger partial charge >= 0.3 is 0 Å². The van der Waals surface area contributed by atoms with Crippen molar-refractivity contribution in [3.05, 3.63) is 60.0 Å². The number of aryl methyl sites for hydroxylation is 1. The topological polar surface area (TPSA) is 96.6 Å². The van der Waals surface area contributed by atoms with Crippen LogP contribution in [0.2, 0.25) is 0 Å². The Labute approximate surface area is 186 Å². The summed E-state index contributed by atoms with van der Waals surface area (Å²) in [6, 6.07) is 14.2. The van der Waals surface area contributed by atoms with Crippen molar-refractivity contribution in [2.45, 2.75) is 23.3 Å². The van der Waals surface area contributed by atoms with Crippen molar-refractivity contribution in [1.29, 1.82) is 0 Å². The first-order valence-corrected chi connectivity index (χ1v) is 12.1. The molecule has 10 heteroatoms. The molecule has 0 aliphatic rings. The number of thioether (sulfide) groups is 1. The van der Waals surface area contributed by atoms with Crippen LogP contribution < -0.4 is 0 Å². The highest BCUT2D eigenvalue weighted by Gasteiger charge is 2.25. The SMILES string of the molecule is CSc1ccc(S(=O)(=O)N(C)CC(=O)N(C)Cc2nc(-c3ccc(C)cc3)no2)cc1. The van der Waals surface area contributed by atoms with Crippen LogP contribution in [0.5, 0.6) is 0 Å². The zero-order valence-corrected chi connectivity index (χ0v) is 19.4. The van der Waals surface area contributed by atoms with E-state index < -0.39 is 10.0 Å². The van der Waals surface area contributed by atoms with Crippen molar-refractivity contribution >= 4 is 27.7 Å². The number of carbonyl (C=O) groups excluding carboxylic acids is 1. The first-order valence-electron chi connectivity index (χ1n) is 9.44. The Balaban J connectivity index is 1.62. The lowest BCUT2D eigenvalue weighted by Gasteiger charge is -2.21. The number of nitrogens with zero attached hydrogens (tertiary/aromatic N) is 4. The zero-order chi connectivity index (χ0) is 22.6. The Hall–Kier alpha value is -2.69. The summed E-state index contributed by atoms with van der Waals surface area (Å²) in [5.41, 5.74) is 1.94. The third-order valence-electron chi connectivity index (χ3n) is 4.70.